The first kappa shape index (κ1) is 13.8. The highest BCUT2D eigenvalue weighted by atomic mass is 16.5. The number of hydrogen-bond acceptors (Lipinski definition) is 4. The van der Waals surface area contributed by atoms with Gasteiger partial charge in [-0.25, -0.2) is 9.48 Å². The van der Waals surface area contributed by atoms with Gasteiger partial charge in [-0.15, -0.1) is 5.10 Å². The Morgan fingerprint density at radius 2 is 2.14 bits per heavy atom. The second kappa shape index (κ2) is 5.68. The van der Waals surface area contributed by atoms with Crippen LogP contribution < -0.4 is 0 Å². The Labute approximate surface area is 123 Å². The molecule has 0 saturated carbocycles. The Kier molecular flexibility index (Phi) is 3.73. The van der Waals surface area contributed by atoms with Crippen LogP contribution in [0.2, 0.25) is 0 Å². The minimum absolute atomic E-state index is 0.321. The molecule has 0 aliphatic heterocycles. The fraction of sp³-hybridized carbons (Fsp3) is 0.438. The maximum atomic E-state index is 11.7. The van der Waals surface area contributed by atoms with Crippen molar-refractivity contribution in [1.29, 1.82) is 0 Å². The average Bonchev–Trinajstić information content (AvgIpc) is 3.12. The van der Waals surface area contributed by atoms with Crippen LogP contribution >= 0.6 is 0 Å². The van der Waals surface area contributed by atoms with E-state index in [0.717, 1.165) is 12.1 Å². The normalized spacial score (nSPS) is 13.2. The molecule has 0 radical (unpaired) electrons. The number of aromatic nitrogens is 3. The maximum absolute atomic E-state index is 11.7. The Bertz CT molecular complexity index is 676. The van der Waals surface area contributed by atoms with Gasteiger partial charge in [0.1, 0.15) is 0 Å². The smallest absolute Gasteiger partial charge is 0.360 e. The number of rotatable bonds is 4. The third kappa shape index (κ3) is 2.55. The Morgan fingerprint density at radius 3 is 2.90 bits per heavy atom. The number of carbonyl (C=O) groups is 1. The molecule has 1 aromatic heterocycles. The van der Waals surface area contributed by atoms with E-state index in [1.54, 1.807) is 4.68 Å². The summed E-state index contributed by atoms with van der Waals surface area (Å²) >= 11 is 0. The monoisotopic (exact) mass is 285 g/mol. The first-order valence-electron chi connectivity index (χ1n) is 7.34. The topological polar surface area (TPSA) is 57.0 Å². The molecule has 5 nitrogen and oxygen atoms in total. The molecule has 5 heteroatoms. The zero-order chi connectivity index (χ0) is 14.8. The van der Waals surface area contributed by atoms with Gasteiger partial charge < -0.3 is 4.74 Å². The van der Waals surface area contributed by atoms with E-state index in [1.807, 2.05) is 6.92 Å². The van der Waals surface area contributed by atoms with Gasteiger partial charge in [0.15, 0.2) is 5.69 Å². The Hall–Kier alpha value is -2.17. The molecular weight excluding hydrogens is 266 g/mol. The molecule has 0 unspecified atom stereocenters. The molecular formula is C16H19N3O2. The van der Waals surface area contributed by atoms with Crippen molar-refractivity contribution in [1.82, 2.24) is 15.0 Å². The van der Waals surface area contributed by atoms with Gasteiger partial charge in [-0.1, -0.05) is 30.3 Å². The molecule has 1 heterocycles. The Balaban J connectivity index is 1.88. The first-order valence-corrected chi connectivity index (χ1v) is 7.34. The number of nitrogens with zero attached hydrogens (tertiary/aromatic N) is 3. The molecule has 3 rings (SSSR count). The molecule has 0 saturated heterocycles. The Morgan fingerprint density at radius 1 is 1.33 bits per heavy atom. The molecule has 2 aromatic rings. The van der Waals surface area contributed by atoms with Gasteiger partial charge in [0.05, 0.1) is 19.3 Å². The summed E-state index contributed by atoms with van der Waals surface area (Å²) in [5, 5.41) is 8.08. The predicted molar refractivity (Wildman–Crippen MR) is 78.3 cm³/mol. The summed E-state index contributed by atoms with van der Waals surface area (Å²) in [7, 11) is 1.36. The molecule has 21 heavy (non-hydrogen) atoms. The molecule has 0 N–H and O–H groups in total. The van der Waals surface area contributed by atoms with Crippen LogP contribution in [0, 0.1) is 0 Å². The minimum atomic E-state index is -0.424. The highest BCUT2D eigenvalue weighted by Crippen LogP contribution is 2.23. The van der Waals surface area contributed by atoms with Gasteiger partial charge >= 0.3 is 5.97 Å². The van der Waals surface area contributed by atoms with Crippen LogP contribution in [0.1, 0.15) is 46.2 Å². The van der Waals surface area contributed by atoms with Gasteiger partial charge in [-0.3, -0.25) is 0 Å². The van der Waals surface area contributed by atoms with Crippen molar-refractivity contribution in [3.63, 3.8) is 0 Å². The minimum Gasteiger partial charge on any atom is -0.464 e. The van der Waals surface area contributed by atoms with E-state index in [9.17, 15) is 4.79 Å². The summed E-state index contributed by atoms with van der Waals surface area (Å²) in [5.74, 6) is -0.424. The first-order chi connectivity index (χ1) is 10.2. The zero-order valence-electron chi connectivity index (χ0n) is 12.4. The number of aryl methyl sites for hydroxylation is 2. The van der Waals surface area contributed by atoms with Crippen LogP contribution in [-0.4, -0.2) is 28.1 Å². The van der Waals surface area contributed by atoms with Crippen molar-refractivity contribution in [2.24, 2.45) is 0 Å². The van der Waals surface area contributed by atoms with Crippen molar-refractivity contribution in [3.8, 4) is 0 Å². The molecule has 0 amide bonds. The number of hydrogen-bond donors (Lipinski definition) is 0. The van der Waals surface area contributed by atoms with E-state index >= 15 is 0 Å². The SMILES string of the molecule is CCc1c(C(=O)OC)nnn1Cc1ccc2c(c1)CCC2. The quantitative estimate of drug-likeness (QED) is 0.808. The summed E-state index contributed by atoms with van der Waals surface area (Å²) in [5.41, 5.74) is 5.25. The van der Waals surface area contributed by atoms with Gasteiger partial charge in [-0.05, 0) is 42.4 Å². The van der Waals surface area contributed by atoms with Crippen LogP contribution in [0.15, 0.2) is 18.2 Å². The third-order valence-corrected chi connectivity index (χ3v) is 4.05. The molecule has 0 spiro atoms. The molecule has 0 atom stereocenters. The summed E-state index contributed by atoms with van der Waals surface area (Å²) in [4.78, 5) is 11.7. The van der Waals surface area contributed by atoms with Crippen LogP contribution in [0.4, 0.5) is 0 Å². The molecule has 110 valence electrons. The van der Waals surface area contributed by atoms with E-state index in [2.05, 4.69) is 28.5 Å². The predicted octanol–water partition coefficient (Wildman–Crippen LogP) is 2.16. The van der Waals surface area contributed by atoms with Crippen molar-refractivity contribution in [3.05, 3.63) is 46.3 Å². The number of carbonyl (C=O) groups excluding carboxylic acids is 1. The molecule has 0 fully saturated rings. The van der Waals surface area contributed by atoms with Crippen molar-refractivity contribution < 1.29 is 9.53 Å². The summed E-state index contributed by atoms with van der Waals surface area (Å²) in [6.45, 7) is 2.63. The van der Waals surface area contributed by atoms with Crippen molar-refractivity contribution in [2.45, 2.75) is 39.2 Å². The van der Waals surface area contributed by atoms with Crippen LogP contribution in [0.3, 0.4) is 0 Å². The average molecular weight is 285 g/mol. The summed E-state index contributed by atoms with van der Waals surface area (Å²) < 4.78 is 6.54. The van der Waals surface area contributed by atoms with Crippen LogP contribution in [0.25, 0.3) is 0 Å². The fourth-order valence-electron chi connectivity index (χ4n) is 2.96. The van der Waals surface area contributed by atoms with Crippen molar-refractivity contribution >= 4 is 5.97 Å². The molecule has 1 aliphatic rings. The van der Waals surface area contributed by atoms with Crippen molar-refractivity contribution in [2.75, 3.05) is 7.11 Å². The van der Waals surface area contributed by atoms with E-state index in [1.165, 1.54) is 36.6 Å². The van der Waals surface area contributed by atoms with Gasteiger partial charge in [0.2, 0.25) is 0 Å². The molecule has 1 aliphatic carbocycles. The lowest BCUT2D eigenvalue weighted by Crippen LogP contribution is -2.10. The van der Waals surface area contributed by atoms with E-state index in [0.29, 0.717) is 18.7 Å². The standard InChI is InChI=1S/C16H19N3O2/c1-3-14-15(16(20)21-2)17-18-19(14)10-11-7-8-12-5-4-6-13(12)9-11/h7-9H,3-6,10H2,1-2H3. The van der Waals surface area contributed by atoms with Crippen LogP contribution in [0.5, 0.6) is 0 Å². The van der Waals surface area contributed by atoms with E-state index in [4.69, 9.17) is 4.74 Å². The number of benzene rings is 1. The number of ether oxygens (including phenoxy) is 1. The molecule has 0 bridgehead atoms. The number of methoxy groups -OCH3 is 1. The number of esters is 1. The number of fused-ring (bicyclic) bond motifs is 1. The van der Waals surface area contributed by atoms with Gasteiger partial charge in [0.25, 0.3) is 0 Å². The summed E-state index contributed by atoms with van der Waals surface area (Å²) in [6.07, 6.45) is 4.29. The maximum Gasteiger partial charge on any atom is 0.360 e. The lowest BCUT2D eigenvalue weighted by molar-refractivity contribution is 0.0592. The van der Waals surface area contributed by atoms with E-state index < -0.39 is 5.97 Å². The lowest BCUT2D eigenvalue weighted by atomic mass is 10.1. The largest absolute Gasteiger partial charge is 0.464 e. The second-order valence-corrected chi connectivity index (χ2v) is 5.34. The van der Waals surface area contributed by atoms with Gasteiger partial charge in [-0.2, -0.15) is 0 Å². The zero-order valence-corrected chi connectivity index (χ0v) is 12.4. The summed E-state index contributed by atoms with van der Waals surface area (Å²) in [6, 6.07) is 6.60. The van der Waals surface area contributed by atoms with Gasteiger partial charge in [0, 0.05) is 0 Å². The lowest BCUT2D eigenvalue weighted by Gasteiger charge is -2.08. The van der Waals surface area contributed by atoms with E-state index in [-0.39, 0.29) is 0 Å². The second-order valence-electron chi connectivity index (χ2n) is 5.34. The van der Waals surface area contributed by atoms with Crippen LogP contribution in [-0.2, 0) is 30.5 Å². The highest BCUT2D eigenvalue weighted by Gasteiger charge is 2.19. The third-order valence-electron chi connectivity index (χ3n) is 4.05. The fourth-order valence-corrected chi connectivity index (χ4v) is 2.96. The highest BCUT2D eigenvalue weighted by molar-refractivity contribution is 5.88. The molecule has 1 aromatic carbocycles.